The number of fused-ring (bicyclic) bond motifs is 1. The molecular weight excluding hydrogens is 332 g/mol. The van der Waals surface area contributed by atoms with E-state index in [0.29, 0.717) is 4.90 Å². The van der Waals surface area contributed by atoms with Gasteiger partial charge < -0.3 is 4.57 Å². The van der Waals surface area contributed by atoms with Crippen molar-refractivity contribution < 1.29 is 8.42 Å². The molecule has 1 aromatic carbocycles. The lowest BCUT2D eigenvalue weighted by Gasteiger charge is -2.18. The van der Waals surface area contributed by atoms with Crippen LogP contribution in [-0.2, 0) is 22.8 Å². The maximum atomic E-state index is 11.8. The van der Waals surface area contributed by atoms with Crippen molar-refractivity contribution in [3.8, 4) is 0 Å². The zero-order chi connectivity index (χ0) is 16.1. The van der Waals surface area contributed by atoms with E-state index in [-0.39, 0.29) is 17.8 Å². The third-order valence-electron chi connectivity index (χ3n) is 4.05. The van der Waals surface area contributed by atoms with Crippen LogP contribution in [0.4, 0.5) is 0 Å². The molecule has 6 heteroatoms. The van der Waals surface area contributed by atoms with E-state index in [1.54, 1.807) is 12.1 Å². The molecule has 0 unspecified atom stereocenters. The van der Waals surface area contributed by atoms with Crippen LogP contribution in [0.15, 0.2) is 23.1 Å². The van der Waals surface area contributed by atoms with E-state index in [4.69, 9.17) is 4.98 Å². The average Bonchev–Trinajstić information content (AvgIpc) is 3.11. The maximum Gasteiger partial charge on any atom is 0.175 e. The molecule has 0 spiro atoms. The van der Waals surface area contributed by atoms with Crippen molar-refractivity contribution in [2.45, 2.75) is 51.5 Å². The third kappa shape index (κ3) is 4.27. The van der Waals surface area contributed by atoms with Crippen molar-refractivity contribution in [2.24, 2.45) is 11.3 Å². The molecule has 23 heavy (non-hydrogen) atoms. The van der Waals surface area contributed by atoms with Gasteiger partial charge in [-0.15, -0.1) is 12.4 Å². The molecule has 0 N–H and O–H groups in total. The second-order valence-corrected chi connectivity index (χ2v) is 9.76. The molecule has 1 aliphatic carbocycles. The molecule has 0 aliphatic heterocycles. The normalized spacial score (nSPS) is 15.7. The Morgan fingerprint density at radius 1 is 1.26 bits per heavy atom. The minimum absolute atomic E-state index is 0. The average molecular weight is 357 g/mol. The molecular formula is C17H25ClN2O2S. The molecule has 0 radical (unpaired) electrons. The van der Waals surface area contributed by atoms with Crippen LogP contribution in [-0.4, -0.2) is 24.2 Å². The molecule has 0 atom stereocenters. The number of halogens is 1. The third-order valence-corrected chi connectivity index (χ3v) is 5.16. The van der Waals surface area contributed by atoms with E-state index in [2.05, 4.69) is 25.3 Å². The second-order valence-electron chi connectivity index (χ2n) is 7.74. The standard InChI is InChI=1S/C17H24N2O2S.ClH/c1-17(2,3)10-16-18-14-9-13(22(4,20)21)7-8-15(14)19(16)11-12-5-6-12;/h7-9,12H,5-6,10-11H2,1-4H3;1H. The minimum Gasteiger partial charge on any atom is -0.328 e. The molecule has 4 nitrogen and oxygen atoms in total. The van der Waals surface area contributed by atoms with Crippen molar-refractivity contribution in [1.29, 1.82) is 0 Å². The van der Waals surface area contributed by atoms with Crippen molar-refractivity contribution in [1.82, 2.24) is 9.55 Å². The van der Waals surface area contributed by atoms with Gasteiger partial charge in [0.2, 0.25) is 0 Å². The van der Waals surface area contributed by atoms with Gasteiger partial charge in [0.05, 0.1) is 15.9 Å². The lowest BCUT2D eigenvalue weighted by molar-refractivity contribution is 0.391. The van der Waals surface area contributed by atoms with E-state index in [1.807, 2.05) is 6.07 Å². The fourth-order valence-corrected chi connectivity index (χ4v) is 3.40. The fraction of sp³-hybridized carbons (Fsp3) is 0.588. The zero-order valence-electron chi connectivity index (χ0n) is 14.2. The predicted molar refractivity (Wildman–Crippen MR) is 96.0 cm³/mol. The molecule has 0 amide bonds. The van der Waals surface area contributed by atoms with Gasteiger partial charge in [0.15, 0.2) is 9.84 Å². The Bertz CT molecular complexity index is 815. The fourth-order valence-electron chi connectivity index (χ4n) is 2.76. The van der Waals surface area contributed by atoms with Gasteiger partial charge >= 0.3 is 0 Å². The highest BCUT2D eigenvalue weighted by atomic mass is 35.5. The summed E-state index contributed by atoms with van der Waals surface area (Å²) in [4.78, 5) is 5.10. The quantitative estimate of drug-likeness (QED) is 0.835. The summed E-state index contributed by atoms with van der Waals surface area (Å²) >= 11 is 0. The lowest BCUT2D eigenvalue weighted by atomic mass is 9.92. The van der Waals surface area contributed by atoms with Gasteiger partial charge in [-0.2, -0.15) is 0 Å². The molecule has 128 valence electrons. The van der Waals surface area contributed by atoms with E-state index < -0.39 is 9.84 Å². The van der Waals surface area contributed by atoms with Gasteiger partial charge in [-0.25, -0.2) is 13.4 Å². The summed E-state index contributed by atoms with van der Waals surface area (Å²) in [5, 5.41) is 0. The first-order valence-corrected chi connectivity index (χ1v) is 9.72. The summed E-state index contributed by atoms with van der Waals surface area (Å²) in [6, 6.07) is 5.32. The van der Waals surface area contributed by atoms with Gasteiger partial charge in [-0.1, -0.05) is 20.8 Å². The zero-order valence-corrected chi connectivity index (χ0v) is 15.8. The number of imidazole rings is 1. The summed E-state index contributed by atoms with van der Waals surface area (Å²) in [6.07, 6.45) is 4.71. The van der Waals surface area contributed by atoms with Gasteiger partial charge in [-0.3, -0.25) is 0 Å². The van der Waals surface area contributed by atoms with Crippen molar-refractivity contribution in [3.05, 3.63) is 24.0 Å². The van der Waals surface area contributed by atoms with E-state index >= 15 is 0 Å². The number of sulfone groups is 1. The number of hydrogen-bond donors (Lipinski definition) is 0. The molecule has 1 heterocycles. The Labute approximate surface area is 144 Å². The highest BCUT2D eigenvalue weighted by molar-refractivity contribution is 7.90. The maximum absolute atomic E-state index is 11.8. The highest BCUT2D eigenvalue weighted by Crippen LogP contribution is 2.34. The van der Waals surface area contributed by atoms with Gasteiger partial charge in [-0.05, 0) is 42.4 Å². The monoisotopic (exact) mass is 356 g/mol. The Hall–Kier alpha value is -1.07. The Balaban J connectivity index is 0.00000192. The Morgan fingerprint density at radius 3 is 2.43 bits per heavy atom. The summed E-state index contributed by atoms with van der Waals surface area (Å²) in [5.41, 5.74) is 2.00. The number of aromatic nitrogens is 2. The molecule has 3 rings (SSSR count). The van der Waals surface area contributed by atoms with Crippen LogP contribution in [0.3, 0.4) is 0 Å². The van der Waals surface area contributed by atoms with Gasteiger partial charge in [0, 0.05) is 19.2 Å². The molecule has 0 bridgehead atoms. The Kier molecular flexibility index (Phi) is 4.84. The highest BCUT2D eigenvalue weighted by Gasteiger charge is 2.26. The van der Waals surface area contributed by atoms with E-state index in [9.17, 15) is 8.42 Å². The van der Waals surface area contributed by atoms with Crippen LogP contribution in [0.2, 0.25) is 0 Å². The molecule has 1 aliphatic rings. The summed E-state index contributed by atoms with van der Waals surface area (Å²) in [7, 11) is -3.19. The Morgan fingerprint density at radius 2 is 1.91 bits per heavy atom. The van der Waals surface area contributed by atoms with Crippen LogP contribution in [0.5, 0.6) is 0 Å². The molecule has 1 fully saturated rings. The minimum atomic E-state index is -3.19. The predicted octanol–water partition coefficient (Wildman–Crippen LogP) is 3.86. The van der Waals surface area contributed by atoms with Crippen LogP contribution in [0, 0.1) is 11.3 Å². The van der Waals surface area contributed by atoms with Crippen molar-refractivity contribution in [3.63, 3.8) is 0 Å². The first-order chi connectivity index (χ1) is 10.1. The summed E-state index contributed by atoms with van der Waals surface area (Å²) in [5.74, 6) is 1.82. The number of rotatable bonds is 4. The van der Waals surface area contributed by atoms with Crippen LogP contribution in [0.25, 0.3) is 11.0 Å². The number of benzene rings is 1. The van der Waals surface area contributed by atoms with Crippen molar-refractivity contribution in [2.75, 3.05) is 6.26 Å². The largest absolute Gasteiger partial charge is 0.328 e. The van der Waals surface area contributed by atoms with Crippen LogP contribution >= 0.6 is 12.4 Å². The van der Waals surface area contributed by atoms with E-state index in [0.717, 1.165) is 35.7 Å². The summed E-state index contributed by atoms with van der Waals surface area (Å²) in [6.45, 7) is 7.61. The number of nitrogens with zero attached hydrogens (tertiary/aromatic N) is 2. The first kappa shape index (κ1) is 18.3. The van der Waals surface area contributed by atoms with Crippen LogP contribution in [0.1, 0.15) is 39.4 Å². The first-order valence-electron chi connectivity index (χ1n) is 7.83. The van der Waals surface area contributed by atoms with Gasteiger partial charge in [0.25, 0.3) is 0 Å². The van der Waals surface area contributed by atoms with Crippen molar-refractivity contribution >= 4 is 33.3 Å². The summed E-state index contributed by atoms with van der Waals surface area (Å²) < 4.78 is 25.8. The number of hydrogen-bond acceptors (Lipinski definition) is 3. The molecule has 0 saturated heterocycles. The molecule has 2 aromatic rings. The van der Waals surface area contributed by atoms with E-state index in [1.165, 1.54) is 19.1 Å². The van der Waals surface area contributed by atoms with Gasteiger partial charge in [0.1, 0.15) is 5.82 Å². The topological polar surface area (TPSA) is 52.0 Å². The molecule has 1 saturated carbocycles. The molecule has 1 aromatic heterocycles. The SMILES string of the molecule is CC(C)(C)Cc1nc2cc(S(C)(=O)=O)ccc2n1CC1CC1.Cl. The second kappa shape index (κ2) is 6.10. The van der Waals surface area contributed by atoms with Crippen LogP contribution < -0.4 is 0 Å². The smallest absolute Gasteiger partial charge is 0.175 e. The lowest BCUT2D eigenvalue weighted by Crippen LogP contribution is -2.15.